The van der Waals surface area contributed by atoms with Crippen molar-refractivity contribution in [3.8, 4) is 0 Å². The normalized spacial score (nSPS) is 21.3. The summed E-state index contributed by atoms with van der Waals surface area (Å²) in [4.78, 5) is 2.10. The van der Waals surface area contributed by atoms with E-state index in [-0.39, 0.29) is 18.2 Å². The SMILES string of the molecule is CC1(C)CCN(C(CN)c2c(F)cccc2F)CC1. The van der Waals surface area contributed by atoms with E-state index in [2.05, 4.69) is 18.7 Å². The van der Waals surface area contributed by atoms with Crippen molar-refractivity contribution in [1.29, 1.82) is 0 Å². The summed E-state index contributed by atoms with van der Waals surface area (Å²) in [5, 5.41) is 0. The molecule has 19 heavy (non-hydrogen) atoms. The molecule has 0 aromatic heterocycles. The van der Waals surface area contributed by atoms with Crippen LogP contribution in [0, 0.1) is 17.0 Å². The average molecular weight is 268 g/mol. The molecule has 1 aromatic carbocycles. The van der Waals surface area contributed by atoms with Crippen molar-refractivity contribution in [2.24, 2.45) is 11.1 Å². The molecule has 4 heteroatoms. The molecule has 1 aromatic rings. The third kappa shape index (κ3) is 3.12. The molecular formula is C15H22F2N2. The Hall–Kier alpha value is -1.00. The highest BCUT2D eigenvalue weighted by atomic mass is 19.1. The number of halogens is 2. The molecule has 1 aliphatic heterocycles. The van der Waals surface area contributed by atoms with Crippen molar-refractivity contribution in [1.82, 2.24) is 4.90 Å². The number of benzene rings is 1. The lowest BCUT2D eigenvalue weighted by Crippen LogP contribution is -2.42. The first-order chi connectivity index (χ1) is 8.94. The molecule has 1 atom stereocenters. The van der Waals surface area contributed by atoms with Crippen LogP contribution in [0.15, 0.2) is 18.2 Å². The van der Waals surface area contributed by atoms with Gasteiger partial charge in [0.1, 0.15) is 11.6 Å². The van der Waals surface area contributed by atoms with Crippen molar-refractivity contribution in [2.75, 3.05) is 19.6 Å². The molecule has 0 saturated carbocycles. The Morgan fingerprint density at radius 1 is 1.21 bits per heavy atom. The largest absolute Gasteiger partial charge is 0.329 e. The minimum Gasteiger partial charge on any atom is -0.329 e. The fourth-order valence-electron chi connectivity index (χ4n) is 2.72. The third-order valence-corrected chi connectivity index (χ3v) is 4.15. The molecule has 1 heterocycles. The van der Waals surface area contributed by atoms with Crippen LogP contribution in [-0.4, -0.2) is 24.5 Å². The number of hydrogen-bond acceptors (Lipinski definition) is 2. The highest BCUT2D eigenvalue weighted by Crippen LogP contribution is 2.34. The van der Waals surface area contributed by atoms with E-state index in [9.17, 15) is 8.78 Å². The summed E-state index contributed by atoms with van der Waals surface area (Å²) in [5.74, 6) is -0.999. The molecule has 0 bridgehead atoms. The molecule has 0 spiro atoms. The molecule has 0 amide bonds. The molecule has 2 rings (SSSR count). The highest BCUT2D eigenvalue weighted by Gasteiger charge is 2.31. The Bertz CT molecular complexity index is 416. The number of nitrogens with zero attached hydrogens (tertiary/aromatic N) is 1. The Morgan fingerprint density at radius 2 is 1.74 bits per heavy atom. The zero-order valence-electron chi connectivity index (χ0n) is 11.6. The Kier molecular flexibility index (Phi) is 4.21. The summed E-state index contributed by atoms with van der Waals surface area (Å²) in [5.41, 5.74) is 6.19. The number of likely N-dealkylation sites (tertiary alicyclic amines) is 1. The van der Waals surface area contributed by atoms with Gasteiger partial charge in [0.15, 0.2) is 0 Å². The Balaban J connectivity index is 2.21. The van der Waals surface area contributed by atoms with Crippen LogP contribution in [-0.2, 0) is 0 Å². The van der Waals surface area contributed by atoms with E-state index in [1.165, 1.54) is 18.2 Å². The molecule has 2 N–H and O–H groups in total. The molecule has 1 fully saturated rings. The first-order valence-electron chi connectivity index (χ1n) is 6.82. The molecule has 1 aliphatic rings. The molecular weight excluding hydrogens is 246 g/mol. The summed E-state index contributed by atoms with van der Waals surface area (Å²) in [6.45, 7) is 6.36. The molecule has 1 unspecified atom stereocenters. The van der Waals surface area contributed by atoms with Crippen molar-refractivity contribution < 1.29 is 8.78 Å². The van der Waals surface area contributed by atoms with Crippen LogP contribution in [0.25, 0.3) is 0 Å². The summed E-state index contributed by atoms with van der Waals surface area (Å²) in [6, 6.07) is 3.63. The van der Waals surface area contributed by atoms with Gasteiger partial charge in [0.25, 0.3) is 0 Å². The average Bonchev–Trinajstić information content (AvgIpc) is 2.35. The van der Waals surface area contributed by atoms with Gasteiger partial charge < -0.3 is 5.73 Å². The zero-order chi connectivity index (χ0) is 14.0. The van der Waals surface area contributed by atoms with E-state index in [1.807, 2.05) is 0 Å². The molecule has 2 nitrogen and oxygen atoms in total. The van der Waals surface area contributed by atoms with Crippen LogP contribution in [0.2, 0.25) is 0 Å². The van der Waals surface area contributed by atoms with Gasteiger partial charge in [0.05, 0.1) is 6.04 Å². The molecule has 1 saturated heterocycles. The van der Waals surface area contributed by atoms with Crippen LogP contribution in [0.4, 0.5) is 8.78 Å². The first kappa shape index (κ1) is 14.4. The summed E-state index contributed by atoms with van der Waals surface area (Å²) in [7, 11) is 0. The van der Waals surface area contributed by atoms with Gasteiger partial charge in [-0.3, -0.25) is 4.90 Å². The maximum absolute atomic E-state index is 13.9. The molecule has 0 radical (unpaired) electrons. The lowest BCUT2D eigenvalue weighted by molar-refractivity contribution is 0.0933. The fraction of sp³-hybridized carbons (Fsp3) is 0.600. The second kappa shape index (κ2) is 5.55. The maximum atomic E-state index is 13.9. The molecule has 0 aliphatic carbocycles. The summed E-state index contributed by atoms with van der Waals surface area (Å²) < 4.78 is 27.7. The van der Waals surface area contributed by atoms with E-state index in [4.69, 9.17) is 5.73 Å². The van der Waals surface area contributed by atoms with Crippen LogP contribution >= 0.6 is 0 Å². The number of piperidine rings is 1. The number of nitrogens with two attached hydrogens (primary N) is 1. The summed E-state index contributed by atoms with van der Waals surface area (Å²) >= 11 is 0. The lowest BCUT2D eigenvalue weighted by Gasteiger charge is -2.41. The predicted octanol–water partition coefficient (Wildman–Crippen LogP) is 3.09. The second-order valence-electron chi connectivity index (χ2n) is 6.09. The van der Waals surface area contributed by atoms with E-state index < -0.39 is 11.6 Å². The minimum absolute atomic E-state index is 0.115. The van der Waals surface area contributed by atoms with Gasteiger partial charge >= 0.3 is 0 Å². The fourth-order valence-corrected chi connectivity index (χ4v) is 2.72. The topological polar surface area (TPSA) is 29.3 Å². The Morgan fingerprint density at radius 3 is 2.21 bits per heavy atom. The quantitative estimate of drug-likeness (QED) is 0.912. The summed E-state index contributed by atoms with van der Waals surface area (Å²) in [6.07, 6.45) is 2.05. The van der Waals surface area contributed by atoms with Gasteiger partial charge in [-0.25, -0.2) is 8.78 Å². The third-order valence-electron chi connectivity index (χ3n) is 4.15. The highest BCUT2D eigenvalue weighted by molar-refractivity contribution is 5.24. The van der Waals surface area contributed by atoms with Crippen LogP contribution < -0.4 is 5.73 Å². The van der Waals surface area contributed by atoms with Gasteiger partial charge in [-0.2, -0.15) is 0 Å². The second-order valence-corrected chi connectivity index (χ2v) is 6.09. The zero-order valence-corrected chi connectivity index (χ0v) is 11.6. The standard InChI is InChI=1S/C15H22F2N2/c1-15(2)6-8-19(9-7-15)13(10-18)14-11(16)4-3-5-12(14)17/h3-5,13H,6-10,18H2,1-2H3. The van der Waals surface area contributed by atoms with Crippen molar-refractivity contribution in [3.63, 3.8) is 0 Å². The predicted molar refractivity (Wildman–Crippen MR) is 72.7 cm³/mol. The maximum Gasteiger partial charge on any atom is 0.130 e. The lowest BCUT2D eigenvalue weighted by atomic mass is 9.82. The van der Waals surface area contributed by atoms with Crippen molar-refractivity contribution in [3.05, 3.63) is 35.4 Å². The van der Waals surface area contributed by atoms with Gasteiger partial charge in [0, 0.05) is 12.1 Å². The monoisotopic (exact) mass is 268 g/mol. The molecule has 106 valence electrons. The van der Waals surface area contributed by atoms with E-state index in [1.54, 1.807) is 0 Å². The van der Waals surface area contributed by atoms with Crippen molar-refractivity contribution in [2.45, 2.75) is 32.7 Å². The first-order valence-corrected chi connectivity index (χ1v) is 6.82. The van der Waals surface area contributed by atoms with Crippen molar-refractivity contribution >= 4 is 0 Å². The van der Waals surface area contributed by atoms with Gasteiger partial charge in [-0.15, -0.1) is 0 Å². The number of hydrogen-bond donors (Lipinski definition) is 1. The van der Waals surface area contributed by atoms with Crippen LogP contribution in [0.5, 0.6) is 0 Å². The van der Waals surface area contributed by atoms with Gasteiger partial charge in [-0.1, -0.05) is 19.9 Å². The van der Waals surface area contributed by atoms with Crippen LogP contribution in [0.3, 0.4) is 0 Å². The van der Waals surface area contributed by atoms with E-state index >= 15 is 0 Å². The minimum atomic E-state index is -0.500. The smallest absolute Gasteiger partial charge is 0.130 e. The van der Waals surface area contributed by atoms with Gasteiger partial charge in [-0.05, 0) is 43.5 Å². The van der Waals surface area contributed by atoms with Gasteiger partial charge in [0.2, 0.25) is 0 Å². The van der Waals surface area contributed by atoms with Crippen LogP contribution in [0.1, 0.15) is 38.3 Å². The number of rotatable bonds is 3. The Labute approximate surface area is 113 Å². The van der Waals surface area contributed by atoms with E-state index in [0.717, 1.165) is 25.9 Å². The van der Waals surface area contributed by atoms with E-state index in [0.29, 0.717) is 5.41 Å².